The fourth-order valence-corrected chi connectivity index (χ4v) is 3.45. The number of unbranched alkanes of at least 4 members (excludes halogenated alkanes) is 4. The monoisotopic (exact) mass is 283 g/mol. The Morgan fingerprint density at radius 1 is 0.900 bits per heavy atom. The maximum atomic E-state index is 12.2. The highest BCUT2D eigenvalue weighted by atomic mass is 16.1. The third-order valence-electron chi connectivity index (χ3n) is 4.94. The molecule has 0 radical (unpaired) electrons. The van der Waals surface area contributed by atoms with Gasteiger partial charge in [-0.1, -0.05) is 72.6 Å². The Morgan fingerprint density at radius 2 is 1.45 bits per heavy atom. The van der Waals surface area contributed by atoms with Crippen LogP contribution in [0.15, 0.2) is 0 Å². The van der Waals surface area contributed by atoms with E-state index in [0.29, 0.717) is 5.92 Å². The van der Waals surface area contributed by atoms with E-state index in [2.05, 4.69) is 27.7 Å². The fourth-order valence-electron chi connectivity index (χ4n) is 3.45. The third kappa shape index (κ3) is 5.85. The van der Waals surface area contributed by atoms with Crippen LogP contribution < -0.4 is 5.73 Å². The van der Waals surface area contributed by atoms with Gasteiger partial charge in [0.2, 0.25) is 5.91 Å². The Morgan fingerprint density at radius 3 is 1.90 bits per heavy atom. The number of hydrogen-bond donors (Lipinski definition) is 1. The normalized spacial score (nSPS) is 15.8. The third-order valence-corrected chi connectivity index (χ3v) is 4.94. The number of nitrogens with two attached hydrogens (primary N) is 1. The lowest BCUT2D eigenvalue weighted by Crippen LogP contribution is -2.43. The van der Waals surface area contributed by atoms with E-state index >= 15 is 0 Å². The lowest BCUT2D eigenvalue weighted by atomic mass is 9.66. The molecule has 0 spiro atoms. The summed E-state index contributed by atoms with van der Waals surface area (Å²) in [6.45, 7) is 8.81. The number of rotatable bonds is 13. The van der Waals surface area contributed by atoms with Crippen molar-refractivity contribution in [1.82, 2.24) is 0 Å². The van der Waals surface area contributed by atoms with Gasteiger partial charge < -0.3 is 5.73 Å². The number of carbonyl (C=O) groups excluding carboxylic acids is 1. The van der Waals surface area contributed by atoms with Crippen molar-refractivity contribution in [2.75, 3.05) is 0 Å². The Bertz CT molecular complexity index is 252. The quantitative estimate of drug-likeness (QED) is 0.449. The van der Waals surface area contributed by atoms with E-state index in [9.17, 15) is 4.79 Å². The summed E-state index contributed by atoms with van der Waals surface area (Å²) in [6.07, 6.45) is 12.7. The molecule has 0 aromatic heterocycles. The minimum Gasteiger partial charge on any atom is -0.369 e. The Kier molecular flexibility index (Phi) is 10.9. The van der Waals surface area contributed by atoms with E-state index in [0.717, 1.165) is 25.7 Å². The molecule has 120 valence electrons. The highest BCUT2D eigenvalue weighted by Gasteiger charge is 2.41. The molecule has 20 heavy (non-hydrogen) atoms. The number of primary amides is 1. The van der Waals surface area contributed by atoms with E-state index in [1.807, 2.05) is 0 Å². The largest absolute Gasteiger partial charge is 0.369 e. The van der Waals surface area contributed by atoms with Gasteiger partial charge in [0, 0.05) is 0 Å². The van der Waals surface area contributed by atoms with E-state index < -0.39 is 0 Å². The molecule has 0 aliphatic heterocycles. The smallest absolute Gasteiger partial charge is 0.223 e. The van der Waals surface area contributed by atoms with Crippen molar-refractivity contribution in [2.45, 2.75) is 98.3 Å². The molecular formula is C18H37NO. The van der Waals surface area contributed by atoms with Gasteiger partial charge in [0.1, 0.15) is 0 Å². The van der Waals surface area contributed by atoms with Crippen LogP contribution in [-0.2, 0) is 4.79 Å². The van der Waals surface area contributed by atoms with Crippen LogP contribution in [0.3, 0.4) is 0 Å². The Balaban J connectivity index is 4.98. The van der Waals surface area contributed by atoms with E-state index in [4.69, 9.17) is 5.73 Å². The molecule has 0 saturated carbocycles. The zero-order valence-corrected chi connectivity index (χ0v) is 14.3. The molecule has 0 aromatic rings. The maximum absolute atomic E-state index is 12.2. The summed E-state index contributed by atoms with van der Waals surface area (Å²) in [5, 5.41) is 0. The van der Waals surface area contributed by atoms with Crippen LogP contribution in [-0.4, -0.2) is 5.91 Å². The molecule has 0 rings (SSSR count). The summed E-state index contributed by atoms with van der Waals surface area (Å²) in [5.74, 6) is 0.439. The predicted octanol–water partition coefficient (Wildman–Crippen LogP) is 5.45. The van der Waals surface area contributed by atoms with Crippen molar-refractivity contribution in [3.63, 3.8) is 0 Å². The second kappa shape index (κ2) is 11.2. The molecule has 2 nitrogen and oxygen atoms in total. The molecule has 2 N–H and O–H groups in total. The van der Waals surface area contributed by atoms with Crippen LogP contribution in [0, 0.1) is 11.3 Å². The van der Waals surface area contributed by atoms with Crippen LogP contribution in [0.2, 0.25) is 0 Å². The van der Waals surface area contributed by atoms with E-state index in [1.54, 1.807) is 0 Å². The standard InChI is InChI=1S/C18H37NO/c1-5-9-12-14-16(13-10-6-2)18(8-4,17(19)20)15-11-7-3/h16H,5-15H2,1-4H3,(H2,19,20). The average Bonchev–Trinajstić information content (AvgIpc) is 2.44. The Hall–Kier alpha value is -0.530. The molecule has 0 aromatic carbocycles. The van der Waals surface area contributed by atoms with Crippen molar-refractivity contribution in [1.29, 1.82) is 0 Å². The molecule has 0 bridgehead atoms. The fraction of sp³-hybridized carbons (Fsp3) is 0.944. The Labute approximate surface area is 126 Å². The highest BCUT2D eigenvalue weighted by molar-refractivity contribution is 5.81. The minimum absolute atomic E-state index is 0.0500. The molecule has 2 atom stereocenters. The van der Waals surface area contributed by atoms with Crippen LogP contribution in [0.4, 0.5) is 0 Å². The summed E-state index contributed by atoms with van der Waals surface area (Å²) < 4.78 is 0. The molecule has 2 unspecified atom stereocenters. The van der Waals surface area contributed by atoms with Gasteiger partial charge in [-0.25, -0.2) is 0 Å². The lowest BCUT2D eigenvalue weighted by Gasteiger charge is -2.38. The zero-order valence-electron chi connectivity index (χ0n) is 14.3. The zero-order chi connectivity index (χ0) is 15.4. The van der Waals surface area contributed by atoms with Crippen molar-refractivity contribution >= 4 is 5.91 Å². The number of hydrogen-bond acceptors (Lipinski definition) is 1. The summed E-state index contributed by atoms with van der Waals surface area (Å²) in [7, 11) is 0. The van der Waals surface area contributed by atoms with Gasteiger partial charge in [-0.15, -0.1) is 0 Å². The topological polar surface area (TPSA) is 43.1 Å². The van der Waals surface area contributed by atoms with E-state index in [1.165, 1.54) is 44.9 Å². The average molecular weight is 283 g/mol. The first-order valence-corrected chi connectivity index (χ1v) is 8.88. The molecule has 0 aliphatic rings. The van der Waals surface area contributed by atoms with Gasteiger partial charge in [-0.2, -0.15) is 0 Å². The van der Waals surface area contributed by atoms with Crippen molar-refractivity contribution in [2.24, 2.45) is 17.1 Å². The van der Waals surface area contributed by atoms with Gasteiger partial charge in [0.25, 0.3) is 0 Å². The first-order valence-electron chi connectivity index (χ1n) is 8.88. The number of carbonyl (C=O) groups is 1. The summed E-state index contributed by atoms with van der Waals surface area (Å²) in [4.78, 5) is 12.2. The lowest BCUT2D eigenvalue weighted by molar-refractivity contribution is -0.132. The molecule has 0 heterocycles. The minimum atomic E-state index is -0.251. The second-order valence-corrected chi connectivity index (χ2v) is 6.31. The molecule has 2 heteroatoms. The molecule has 0 aliphatic carbocycles. The molecule has 1 amide bonds. The van der Waals surface area contributed by atoms with Gasteiger partial charge in [0.15, 0.2) is 0 Å². The van der Waals surface area contributed by atoms with E-state index in [-0.39, 0.29) is 11.3 Å². The maximum Gasteiger partial charge on any atom is 0.223 e. The molecule has 0 saturated heterocycles. The van der Waals surface area contributed by atoms with Crippen molar-refractivity contribution < 1.29 is 4.79 Å². The summed E-state index contributed by atoms with van der Waals surface area (Å²) in [5.41, 5.74) is 5.61. The van der Waals surface area contributed by atoms with Gasteiger partial charge in [-0.05, 0) is 31.6 Å². The summed E-state index contributed by atoms with van der Waals surface area (Å²) in [6, 6.07) is 0. The van der Waals surface area contributed by atoms with Crippen molar-refractivity contribution in [3.05, 3.63) is 0 Å². The predicted molar refractivity (Wildman–Crippen MR) is 88.6 cm³/mol. The molecule has 0 fully saturated rings. The van der Waals surface area contributed by atoms with Crippen LogP contribution >= 0.6 is 0 Å². The van der Waals surface area contributed by atoms with Gasteiger partial charge in [0.05, 0.1) is 5.41 Å². The van der Waals surface area contributed by atoms with Crippen LogP contribution in [0.5, 0.6) is 0 Å². The summed E-state index contributed by atoms with van der Waals surface area (Å²) >= 11 is 0. The highest BCUT2D eigenvalue weighted by Crippen LogP contribution is 2.42. The first-order chi connectivity index (χ1) is 9.58. The van der Waals surface area contributed by atoms with Crippen LogP contribution in [0.25, 0.3) is 0 Å². The van der Waals surface area contributed by atoms with Gasteiger partial charge >= 0.3 is 0 Å². The van der Waals surface area contributed by atoms with Crippen LogP contribution in [0.1, 0.15) is 98.3 Å². The van der Waals surface area contributed by atoms with Gasteiger partial charge in [-0.3, -0.25) is 4.79 Å². The van der Waals surface area contributed by atoms with Crippen molar-refractivity contribution in [3.8, 4) is 0 Å². The second-order valence-electron chi connectivity index (χ2n) is 6.31. The molecular weight excluding hydrogens is 246 g/mol. The number of amides is 1. The SMILES string of the molecule is CCCCCC(CCCC)C(CC)(CCCC)C(N)=O. The first kappa shape index (κ1) is 19.5.